The number of hydrogen-bond acceptors (Lipinski definition) is 9. The molecular formula is C23H23N5O5. The van der Waals surface area contributed by atoms with Crippen LogP contribution in [0.2, 0.25) is 0 Å². The van der Waals surface area contributed by atoms with Crippen LogP contribution in [0, 0.1) is 17.8 Å². The van der Waals surface area contributed by atoms with Gasteiger partial charge in [0, 0.05) is 31.6 Å². The van der Waals surface area contributed by atoms with E-state index >= 15 is 0 Å². The minimum Gasteiger partial charge on any atom is -0.419 e. The first-order valence-electron chi connectivity index (χ1n) is 11.5. The fourth-order valence-corrected chi connectivity index (χ4v) is 5.45. The maximum Gasteiger partial charge on any atom is 0.423 e. The molecule has 3 fully saturated rings. The number of hydrogen-bond donors (Lipinski definition) is 0. The predicted molar refractivity (Wildman–Crippen MR) is 117 cm³/mol. The number of benzene rings is 1. The highest BCUT2D eigenvalue weighted by molar-refractivity contribution is 6.07. The molecule has 3 aromatic heterocycles. The first-order valence-corrected chi connectivity index (χ1v) is 11.5. The summed E-state index contributed by atoms with van der Waals surface area (Å²) < 4.78 is 18.4. The SMILES string of the molecule is CC(C)n1nc(-c2nnc(C3C4CN(CC5CC5)CC43)o2)c2c3oc(=O)c(=O)oc3ccc21. The third-order valence-electron chi connectivity index (χ3n) is 7.26. The maximum absolute atomic E-state index is 11.9. The first kappa shape index (κ1) is 19.2. The predicted octanol–water partition coefficient (Wildman–Crippen LogP) is 2.78. The molecule has 0 radical (unpaired) electrons. The van der Waals surface area contributed by atoms with E-state index in [-0.39, 0.29) is 23.1 Å². The summed E-state index contributed by atoms with van der Waals surface area (Å²) in [4.78, 5) is 26.2. The van der Waals surface area contributed by atoms with Crippen LogP contribution in [0.25, 0.3) is 33.7 Å². The molecule has 2 saturated carbocycles. The van der Waals surface area contributed by atoms with Gasteiger partial charge in [-0.2, -0.15) is 5.10 Å². The van der Waals surface area contributed by atoms with Gasteiger partial charge in [0.25, 0.3) is 5.89 Å². The molecule has 7 rings (SSSR count). The summed E-state index contributed by atoms with van der Waals surface area (Å²) in [5, 5.41) is 13.9. The van der Waals surface area contributed by atoms with Gasteiger partial charge in [0.15, 0.2) is 16.9 Å². The minimum absolute atomic E-state index is 0.0313. The lowest BCUT2D eigenvalue weighted by atomic mass is 10.2. The van der Waals surface area contributed by atoms with E-state index in [2.05, 4.69) is 15.1 Å². The van der Waals surface area contributed by atoms with Crippen molar-refractivity contribution in [3.05, 3.63) is 38.9 Å². The highest BCUT2D eigenvalue weighted by Gasteiger charge is 2.59. The molecule has 33 heavy (non-hydrogen) atoms. The summed E-state index contributed by atoms with van der Waals surface area (Å²) in [5.74, 6) is 3.28. The summed E-state index contributed by atoms with van der Waals surface area (Å²) in [5.41, 5.74) is -0.645. The fraction of sp³-hybridized carbons (Fsp3) is 0.522. The average Bonchev–Trinajstić information content (AvgIpc) is 3.51. The van der Waals surface area contributed by atoms with E-state index in [0.717, 1.165) is 24.5 Å². The van der Waals surface area contributed by atoms with Gasteiger partial charge in [-0.05, 0) is 56.6 Å². The number of aromatic nitrogens is 4. The Morgan fingerprint density at radius 3 is 2.52 bits per heavy atom. The minimum atomic E-state index is -1.06. The largest absolute Gasteiger partial charge is 0.423 e. The summed E-state index contributed by atoms with van der Waals surface area (Å²) >= 11 is 0. The van der Waals surface area contributed by atoms with Crippen molar-refractivity contribution in [3.63, 3.8) is 0 Å². The second-order valence-corrected chi connectivity index (χ2v) is 9.91. The zero-order valence-electron chi connectivity index (χ0n) is 18.4. The molecule has 4 aromatic rings. The van der Waals surface area contributed by atoms with E-state index in [1.54, 1.807) is 16.8 Å². The number of fused-ring (bicyclic) bond motifs is 4. The Bertz CT molecular complexity index is 1510. The van der Waals surface area contributed by atoms with Crippen LogP contribution < -0.4 is 11.3 Å². The summed E-state index contributed by atoms with van der Waals surface area (Å²) in [7, 11) is 0. The maximum atomic E-state index is 11.9. The van der Waals surface area contributed by atoms with Crippen LogP contribution in [0.4, 0.5) is 0 Å². The monoisotopic (exact) mass is 449 g/mol. The van der Waals surface area contributed by atoms with Crippen molar-refractivity contribution in [3.8, 4) is 11.6 Å². The van der Waals surface area contributed by atoms with Crippen LogP contribution in [0.1, 0.15) is 44.5 Å². The Kier molecular flexibility index (Phi) is 3.86. The molecule has 1 saturated heterocycles. The van der Waals surface area contributed by atoms with E-state index in [1.165, 1.54) is 19.4 Å². The molecule has 0 amide bonds. The third-order valence-corrected chi connectivity index (χ3v) is 7.26. The molecular weight excluding hydrogens is 426 g/mol. The molecule has 1 aliphatic heterocycles. The molecule has 170 valence electrons. The smallest absolute Gasteiger partial charge is 0.419 e. The molecule has 1 aromatic carbocycles. The Morgan fingerprint density at radius 2 is 1.79 bits per heavy atom. The van der Waals surface area contributed by atoms with Gasteiger partial charge in [0.1, 0.15) is 0 Å². The van der Waals surface area contributed by atoms with Crippen molar-refractivity contribution in [1.82, 2.24) is 24.9 Å². The van der Waals surface area contributed by atoms with Crippen molar-refractivity contribution in [2.75, 3.05) is 19.6 Å². The zero-order chi connectivity index (χ0) is 22.4. The topological polar surface area (TPSA) is 120 Å². The second kappa shape index (κ2) is 6.63. The summed E-state index contributed by atoms with van der Waals surface area (Å²) in [6, 6.07) is 3.42. The lowest BCUT2D eigenvalue weighted by Gasteiger charge is -2.17. The molecule has 2 atom stereocenters. The van der Waals surface area contributed by atoms with Crippen molar-refractivity contribution >= 4 is 22.1 Å². The molecule has 10 heteroatoms. The molecule has 0 N–H and O–H groups in total. The molecule has 2 unspecified atom stereocenters. The van der Waals surface area contributed by atoms with Gasteiger partial charge in [0.2, 0.25) is 5.89 Å². The van der Waals surface area contributed by atoms with Crippen LogP contribution in [0.5, 0.6) is 0 Å². The fourth-order valence-electron chi connectivity index (χ4n) is 5.45. The van der Waals surface area contributed by atoms with Gasteiger partial charge in [-0.15, -0.1) is 10.2 Å². The number of likely N-dealkylation sites (tertiary alicyclic amines) is 1. The molecule has 2 aliphatic carbocycles. The van der Waals surface area contributed by atoms with Crippen LogP contribution >= 0.6 is 0 Å². The number of nitrogens with zero attached hydrogens (tertiary/aromatic N) is 5. The van der Waals surface area contributed by atoms with E-state index < -0.39 is 11.3 Å². The quantitative estimate of drug-likeness (QED) is 0.423. The third kappa shape index (κ3) is 2.93. The lowest BCUT2D eigenvalue weighted by Crippen LogP contribution is -2.26. The van der Waals surface area contributed by atoms with Gasteiger partial charge < -0.3 is 18.2 Å². The second-order valence-electron chi connectivity index (χ2n) is 9.91. The average molecular weight is 449 g/mol. The first-order chi connectivity index (χ1) is 16.0. The van der Waals surface area contributed by atoms with Crippen LogP contribution in [0.3, 0.4) is 0 Å². The standard InChI is InChI=1S/C23H23N5O5/c1-10(2)28-14-5-6-15-19(32-23(30)22(29)31-15)17(14)18(26-28)21-25-24-20(33-21)16-12-8-27(9-13(12)16)7-11-3-4-11/h5-6,10-13,16H,3-4,7-9H2,1-2H3. The Morgan fingerprint density at radius 1 is 1.03 bits per heavy atom. The normalized spacial score (nSPS) is 24.9. The molecule has 4 heterocycles. The van der Waals surface area contributed by atoms with Gasteiger partial charge in [0.05, 0.1) is 10.9 Å². The Hall–Kier alpha value is -3.27. The zero-order valence-corrected chi connectivity index (χ0v) is 18.4. The van der Waals surface area contributed by atoms with Crippen LogP contribution in [0.15, 0.2) is 35.0 Å². The molecule has 3 aliphatic rings. The Labute approximate surface area is 187 Å². The van der Waals surface area contributed by atoms with Gasteiger partial charge >= 0.3 is 11.3 Å². The summed E-state index contributed by atoms with van der Waals surface area (Å²) in [6.45, 7) is 7.42. The lowest BCUT2D eigenvalue weighted by molar-refractivity contribution is 0.279. The molecule has 10 nitrogen and oxygen atoms in total. The highest BCUT2D eigenvalue weighted by Crippen LogP contribution is 2.58. The van der Waals surface area contributed by atoms with Crippen LogP contribution in [-0.2, 0) is 0 Å². The van der Waals surface area contributed by atoms with Crippen LogP contribution in [-0.4, -0.2) is 44.5 Å². The van der Waals surface area contributed by atoms with E-state index in [9.17, 15) is 9.59 Å². The van der Waals surface area contributed by atoms with Gasteiger partial charge in [-0.1, -0.05) is 0 Å². The van der Waals surface area contributed by atoms with Crippen molar-refractivity contribution in [1.29, 1.82) is 0 Å². The van der Waals surface area contributed by atoms with Crippen molar-refractivity contribution in [2.24, 2.45) is 17.8 Å². The molecule has 0 bridgehead atoms. The van der Waals surface area contributed by atoms with Gasteiger partial charge in [-0.3, -0.25) is 4.68 Å². The van der Waals surface area contributed by atoms with E-state index in [1.807, 2.05) is 13.8 Å². The summed E-state index contributed by atoms with van der Waals surface area (Å²) in [6.07, 6.45) is 2.74. The van der Waals surface area contributed by atoms with E-state index in [0.29, 0.717) is 34.7 Å². The number of rotatable bonds is 5. The highest BCUT2D eigenvalue weighted by atomic mass is 16.5. The number of piperidine rings is 1. The van der Waals surface area contributed by atoms with Crippen molar-refractivity contribution in [2.45, 2.75) is 38.6 Å². The van der Waals surface area contributed by atoms with E-state index in [4.69, 9.17) is 18.4 Å². The molecule has 0 spiro atoms. The van der Waals surface area contributed by atoms with Gasteiger partial charge in [-0.25, -0.2) is 9.59 Å². The Balaban J connectivity index is 1.28. The van der Waals surface area contributed by atoms with Crippen molar-refractivity contribution < 1.29 is 13.3 Å².